The monoisotopic (exact) mass is 287 g/mol. The van der Waals surface area contributed by atoms with Gasteiger partial charge < -0.3 is 10.9 Å². The van der Waals surface area contributed by atoms with Crippen LogP contribution in [0.5, 0.6) is 0 Å². The summed E-state index contributed by atoms with van der Waals surface area (Å²) >= 11 is 0. The Bertz CT molecular complexity index is 468. The molecule has 0 heterocycles. The second kappa shape index (κ2) is 6.17. The van der Waals surface area contributed by atoms with E-state index in [1.807, 2.05) is 0 Å². The van der Waals surface area contributed by atoms with Gasteiger partial charge >= 0.3 is 0 Å². The van der Waals surface area contributed by atoms with Crippen molar-refractivity contribution in [3.05, 3.63) is 0 Å². The summed E-state index contributed by atoms with van der Waals surface area (Å²) in [5.41, 5.74) is 5.20. The lowest BCUT2D eigenvalue weighted by atomic mass is 10.6. The van der Waals surface area contributed by atoms with Crippen LogP contribution in [0.3, 0.4) is 0 Å². The van der Waals surface area contributed by atoms with Crippen molar-refractivity contribution in [1.29, 1.82) is 0 Å². The summed E-state index contributed by atoms with van der Waals surface area (Å²) in [6, 6.07) is 0. The van der Waals surface area contributed by atoms with E-state index in [4.69, 9.17) is 10.9 Å². The van der Waals surface area contributed by atoms with Crippen LogP contribution in [0.15, 0.2) is 5.16 Å². The fraction of sp³-hybridized carbons (Fsp3) is 0.857. The highest BCUT2D eigenvalue weighted by Crippen LogP contribution is 2.02. The minimum absolute atomic E-state index is 0.113. The molecule has 0 bridgehead atoms. The lowest BCUT2D eigenvalue weighted by Gasteiger charge is -2.19. The standard InChI is InChI=1S/C7H17N3O5S2/c1-3-10(6-7(8)9-11)17(14,15)5-4-16(2,12)13/h11H,3-6H2,1-2H3,(H2,8,9). The molecular weight excluding hydrogens is 270 g/mol. The third-order valence-corrected chi connectivity index (χ3v) is 5.02. The first kappa shape index (κ1) is 16.1. The number of amidine groups is 1. The Labute approximate surface area is 101 Å². The maximum Gasteiger partial charge on any atom is 0.215 e. The van der Waals surface area contributed by atoms with Crippen molar-refractivity contribution in [3.63, 3.8) is 0 Å². The predicted octanol–water partition coefficient (Wildman–Crippen LogP) is -1.57. The second-order valence-corrected chi connectivity index (χ2v) is 7.81. The second-order valence-electron chi connectivity index (χ2n) is 3.46. The Balaban J connectivity index is 4.77. The first-order valence-corrected chi connectivity index (χ1v) is 8.41. The van der Waals surface area contributed by atoms with Crippen LogP contribution in [0.25, 0.3) is 0 Å². The van der Waals surface area contributed by atoms with Crippen molar-refractivity contribution in [2.24, 2.45) is 10.9 Å². The molecule has 0 atom stereocenters. The molecule has 0 amide bonds. The zero-order valence-corrected chi connectivity index (χ0v) is 11.3. The Kier molecular flexibility index (Phi) is 5.85. The van der Waals surface area contributed by atoms with Gasteiger partial charge in [-0.2, -0.15) is 4.31 Å². The lowest BCUT2D eigenvalue weighted by Crippen LogP contribution is -2.40. The minimum Gasteiger partial charge on any atom is -0.409 e. The predicted molar refractivity (Wildman–Crippen MR) is 64.2 cm³/mol. The van der Waals surface area contributed by atoms with Crippen LogP contribution in [0.4, 0.5) is 0 Å². The number of rotatable bonds is 7. The van der Waals surface area contributed by atoms with E-state index in [0.717, 1.165) is 10.6 Å². The van der Waals surface area contributed by atoms with Gasteiger partial charge in [0.15, 0.2) is 5.84 Å². The van der Waals surface area contributed by atoms with Gasteiger partial charge in [0.25, 0.3) is 0 Å². The Morgan fingerprint density at radius 3 is 2.18 bits per heavy atom. The third-order valence-electron chi connectivity index (χ3n) is 1.92. The summed E-state index contributed by atoms with van der Waals surface area (Å²) in [7, 11) is -7.08. The van der Waals surface area contributed by atoms with Crippen LogP contribution in [0, 0.1) is 0 Å². The first-order chi connectivity index (χ1) is 7.62. The van der Waals surface area contributed by atoms with Gasteiger partial charge in [0.05, 0.1) is 18.1 Å². The highest BCUT2D eigenvalue weighted by molar-refractivity contribution is 7.93. The van der Waals surface area contributed by atoms with E-state index in [1.165, 1.54) is 0 Å². The summed E-state index contributed by atoms with van der Waals surface area (Å²) in [6.07, 6.45) is 0.961. The van der Waals surface area contributed by atoms with E-state index in [9.17, 15) is 16.8 Å². The molecule has 102 valence electrons. The molecule has 3 N–H and O–H groups in total. The molecule has 8 nitrogen and oxygen atoms in total. The van der Waals surface area contributed by atoms with Gasteiger partial charge in [0.1, 0.15) is 9.84 Å². The highest BCUT2D eigenvalue weighted by atomic mass is 32.2. The Hall–Kier alpha value is -0.870. The van der Waals surface area contributed by atoms with Crippen molar-refractivity contribution < 1.29 is 22.0 Å². The molecule has 0 spiro atoms. The fourth-order valence-electron chi connectivity index (χ4n) is 1.00. The molecular formula is C7H17N3O5S2. The summed E-state index contributed by atoms with van der Waals surface area (Å²) in [4.78, 5) is 0. The van der Waals surface area contributed by atoms with Crippen LogP contribution in [0.1, 0.15) is 6.92 Å². The largest absolute Gasteiger partial charge is 0.409 e. The molecule has 0 aromatic rings. The van der Waals surface area contributed by atoms with E-state index in [-0.39, 0.29) is 18.9 Å². The van der Waals surface area contributed by atoms with Crippen molar-refractivity contribution >= 4 is 25.7 Å². The molecule has 0 saturated carbocycles. The summed E-state index contributed by atoms with van der Waals surface area (Å²) in [5.74, 6) is -1.23. The molecule has 0 aromatic heterocycles. The van der Waals surface area contributed by atoms with Crippen LogP contribution >= 0.6 is 0 Å². The van der Waals surface area contributed by atoms with Gasteiger partial charge in [0.2, 0.25) is 10.0 Å². The molecule has 0 saturated heterocycles. The van der Waals surface area contributed by atoms with Crippen molar-refractivity contribution in [2.75, 3.05) is 30.9 Å². The summed E-state index contributed by atoms with van der Waals surface area (Å²) in [6.45, 7) is 1.42. The van der Waals surface area contributed by atoms with E-state index in [0.29, 0.717) is 0 Å². The SMILES string of the molecule is CCN(C/C(N)=N/O)S(=O)(=O)CCS(C)(=O)=O. The maximum atomic E-state index is 11.7. The molecule has 17 heavy (non-hydrogen) atoms. The normalized spacial score (nSPS) is 14.2. The van der Waals surface area contributed by atoms with Gasteiger partial charge in [-0.05, 0) is 0 Å². The van der Waals surface area contributed by atoms with Crippen LogP contribution in [0.2, 0.25) is 0 Å². The molecule has 0 aliphatic carbocycles. The molecule has 0 unspecified atom stereocenters. The number of hydrogen-bond donors (Lipinski definition) is 2. The summed E-state index contributed by atoms with van der Waals surface area (Å²) in [5, 5.41) is 11.0. The van der Waals surface area contributed by atoms with Gasteiger partial charge in [-0.3, -0.25) is 0 Å². The van der Waals surface area contributed by atoms with Gasteiger partial charge in [-0.1, -0.05) is 12.1 Å². The molecule has 0 rings (SSSR count). The molecule has 10 heteroatoms. The number of sulfonamides is 1. The van der Waals surface area contributed by atoms with Crippen molar-refractivity contribution in [3.8, 4) is 0 Å². The van der Waals surface area contributed by atoms with Gasteiger partial charge in [-0.15, -0.1) is 0 Å². The molecule has 0 aliphatic heterocycles. The van der Waals surface area contributed by atoms with E-state index < -0.39 is 31.4 Å². The molecule has 0 fully saturated rings. The number of nitrogens with two attached hydrogens (primary N) is 1. The topological polar surface area (TPSA) is 130 Å². The zero-order valence-electron chi connectivity index (χ0n) is 9.70. The molecule has 0 radical (unpaired) electrons. The number of likely N-dealkylation sites (N-methyl/N-ethyl adjacent to an activating group) is 1. The highest BCUT2D eigenvalue weighted by Gasteiger charge is 2.23. The first-order valence-electron chi connectivity index (χ1n) is 4.74. The maximum absolute atomic E-state index is 11.7. The zero-order chi connectivity index (χ0) is 13.7. The average Bonchev–Trinajstić information content (AvgIpc) is 2.21. The van der Waals surface area contributed by atoms with Crippen LogP contribution in [-0.4, -0.2) is 63.0 Å². The van der Waals surface area contributed by atoms with E-state index in [2.05, 4.69) is 5.16 Å². The number of sulfone groups is 1. The van der Waals surface area contributed by atoms with E-state index >= 15 is 0 Å². The third kappa shape index (κ3) is 6.44. The average molecular weight is 287 g/mol. The number of oxime groups is 1. The smallest absolute Gasteiger partial charge is 0.215 e. The van der Waals surface area contributed by atoms with Crippen LogP contribution in [-0.2, 0) is 19.9 Å². The number of nitrogens with zero attached hydrogens (tertiary/aromatic N) is 2. The van der Waals surface area contributed by atoms with Gasteiger partial charge in [0, 0.05) is 12.8 Å². The summed E-state index contributed by atoms with van der Waals surface area (Å²) < 4.78 is 46.2. The Morgan fingerprint density at radius 2 is 1.82 bits per heavy atom. The Morgan fingerprint density at radius 1 is 1.29 bits per heavy atom. The van der Waals surface area contributed by atoms with E-state index in [1.54, 1.807) is 6.92 Å². The lowest BCUT2D eigenvalue weighted by molar-refractivity contribution is 0.315. The van der Waals surface area contributed by atoms with Crippen molar-refractivity contribution in [1.82, 2.24) is 4.31 Å². The van der Waals surface area contributed by atoms with Crippen molar-refractivity contribution in [2.45, 2.75) is 6.92 Å². The molecule has 0 aromatic carbocycles. The molecule has 0 aliphatic rings. The number of hydrogen-bond acceptors (Lipinski definition) is 6. The van der Waals surface area contributed by atoms with Gasteiger partial charge in [-0.25, -0.2) is 16.8 Å². The van der Waals surface area contributed by atoms with Crippen LogP contribution < -0.4 is 5.73 Å². The quantitative estimate of drug-likeness (QED) is 0.252. The minimum atomic E-state index is -3.73. The fourth-order valence-corrected chi connectivity index (χ4v) is 4.04.